The number of rotatable bonds is 4. The molecule has 20 heavy (non-hydrogen) atoms. The molecule has 1 heterocycles. The van der Waals surface area contributed by atoms with Crippen LogP contribution in [0.15, 0.2) is 12.1 Å². The standard InChI is InChI=1S/C12H14ClNO5S/c1-7(12(15)14-2)20(16,17)5-8-3-9(13)11-10(4-8)18-6-19-11/h3-4,7H,5-6H2,1-2H3,(H,14,15)/t7-/m0/s1. The van der Waals surface area contributed by atoms with E-state index in [0.717, 1.165) is 0 Å². The fourth-order valence-electron chi connectivity index (χ4n) is 1.83. The first-order chi connectivity index (χ1) is 9.35. The minimum atomic E-state index is -3.63. The molecule has 0 fully saturated rings. The molecule has 0 radical (unpaired) electrons. The van der Waals surface area contributed by atoms with Gasteiger partial charge in [-0.25, -0.2) is 8.42 Å². The van der Waals surface area contributed by atoms with Gasteiger partial charge in [0, 0.05) is 7.05 Å². The fourth-order valence-corrected chi connectivity index (χ4v) is 3.44. The minimum Gasteiger partial charge on any atom is -0.454 e. The molecule has 0 unspecified atom stereocenters. The first-order valence-electron chi connectivity index (χ1n) is 5.86. The van der Waals surface area contributed by atoms with Crippen LogP contribution in [0.3, 0.4) is 0 Å². The van der Waals surface area contributed by atoms with E-state index in [2.05, 4.69) is 5.32 Å². The molecule has 8 heteroatoms. The molecule has 2 rings (SSSR count). The summed E-state index contributed by atoms with van der Waals surface area (Å²) in [6.07, 6.45) is 0. The maximum absolute atomic E-state index is 12.1. The molecule has 1 atom stereocenters. The molecule has 0 aromatic heterocycles. The number of sulfone groups is 1. The van der Waals surface area contributed by atoms with Crippen LogP contribution < -0.4 is 14.8 Å². The summed E-state index contributed by atoms with van der Waals surface area (Å²) in [7, 11) is -2.23. The molecule has 0 aliphatic carbocycles. The number of ether oxygens (including phenoxy) is 2. The van der Waals surface area contributed by atoms with E-state index in [9.17, 15) is 13.2 Å². The number of hydrogen-bond acceptors (Lipinski definition) is 5. The molecule has 0 spiro atoms. The highest BCUT2D eigenvalue weighted by Crippen LogP contribution is 2.40. The molecule has 110 valence electrons. The molecule has 1 amide bonds. The van der Waals surface area contributed by atoms with Crippen molar-refractivity contribution in [2.75, 3.05) is 13.8 Å². The van der Waals surface area contributed by atoms with E-state index in [1.54, 1.807) is 6.07 Å². The van der Waals surface area contributed by atoms with Gasteiger partial charge in [0.1, 0.15) is 5.25 Å². The van der Waals surface area contributed by atoms with Crippen molar-refractivity contribution >= 4 is 27.3 Å². The van der Waals surface area contributed by atoms with E-state index in [1.165, 1.54) is 20.0 Å². The first kappa shape index (κ1) is 14.9. The van der Waals surface area contributed by atoms with Gasteiger partial charge in [-0.05, 0) is 24.6 Å². The van der Waals surface area contributed by atoms with Crippen LogP contribution in [0.2, 0.25) is 5.02 Å². The Bertz CT molecular complexity index is 643. The van der Waals surface area contributed by atoms with Gasteiger partial charge in [0.25, 0.3) is 0 Å². The Balaban J connectivity index is 2.26. The Morgan fingerprint density at radius 2 is 2.15 bits per heavy atom. The lowest BCUT2D eigenvalue weighted by molar-refractivity contribution is -0.119. The second-order valence-electron chi connectivity index (χ2n) is 4.38. The number of amides is 1. The number of fused-ring (bicyclic) bond motifs is 1. The molecule has 1 aliphatic heterocycles. The zero-order chi connectivity index (χ0) is 14.9. The molecule has 0 saturated heterocycles. The van der Waals surface area contributed by atoms with Crippen LogP contribution in [-0.2, 0) is 20.4 Å². The largest absolute Gasteiger partial charge is 0.454 e. The summed E-state index contributed by atoms with van der Waals surface area (Å²) in [6.45, 7) is 1.41. The summed E-state index contributed by atoms with van der Waals surface area (Å²) >= 11 is 5.99. The van der Waals surface area contributed by atoms with E-state index in [4.69, 9.17) is 21.1 Å². The molecule has 0 bridgehead atoms. The molecule has 1 aromatic carbocycles. The summed E-state index contributed by atoms with van der Waals surface area (Å²) in [5.41, 5.74) is 0.454. The average molecular weight is 320 g/mol. The Morgan fingerprint density at radius 1 is 1.45 bits per heavy atom. The highest BCUT2D eigenvalue weighted by Gasteiger charge is 2.28. The third-order valence-electron chi connectivity index (χ3n) is 3.01. The minimum absolute atomic E-state index is 0.0555. The van der Waals surface area contributed by atoms with Crippen molar-refractivity contribution in [1.29, 1.82) is 0 Å². The predicted molar refractivity (Wildman–Crippen MR) is 73.7 cm³/mol. The number of nitrogens with one attached hydrogen (secondary N) is 1. The van der Waals surface area contributed by atoms with Gasteiger partial charge in [-0.3, -0.25) is 4.79 Å². The first-order valence-corrected chi connectivity index (χ1v) is 7.95. The molecule has 6 nitrogen and oxygen atoms in total. The van der Waals surface area contributed by atoms with Crippen LogP contribution in [0.5, 0.6) is 11.5 Å². The average Bonchev–Trinajstić information content (AvgIpc) is 2.85. The summed E-state index contributed by atoms with van der Waals surface area (Å²) in [5.74, 6) is -0.0166. The summed E-state index contributed by atoms with van der Waals surface area (Å²) in [4.78, 5) is 11.4. The summed E-state index contributed by atoms with van der Waals surface area (Å²) in [6, 6.07) is 3.06. The second kappa shape index (κ2) is 5.49. The lowest BCUT2D eigenvalue weighted by Gasteiger charge is -2.12. The lowest BCUT2D eigenvalue weighted by atomic mass is 10.2. The molecular formula is C12H14ClNO5S. The van der Waals surface area contributed by atoms with E-state index >= 15 is 0 Å². The highest BCUT2D eigenvalue weighted by molar-refractivity contribution is 7.92. The van der Waals surface area contributed by atoms with Crippen LogP contribution >= 0.6 is 11.6 Å². The van der Waals surface area contributed by atoms with Crippen molar-refractivity contribution in [3.63, 3.8) is 0 Å². The molecule has 1 aromatic rings. The number of carbonyl (C=O) groups is 1. The van der Waals surface area contributed by atoms with Crippen molar-refractivity contribution in [1.82, 2.24) is 5.32 Å². The van der Waals surface area contributed by atoms with Crippen LogP contribution in [-0.4, -0.2) is 33.4 Å². The van der Waals surface area contributed by atoms with Crippen molar-refractivity contribution in [3.05, 3.63) is 22.7 Å². The lowest BCUT2D eigenvalue weighted by Crippen LogP contribution is -2.36. The van der Waals surface area contributed by atoms with Crippen LogP contribution in [0.25, 0.3) is 0 Å². The van der Waals surface area contributed by atoms with Gasteiger partial charge < -0.3 is 14.8 Å². The maximum Gasteiger partial charge on any atom is 0.237 e. The number of carbonyl (C=O) groups excluding carboxylic acids is 1. The van der Waals surface area contributed by atoms with Crippen LogP contribution in [0.4, 0.5) is 0 Å². The molecule has 0 saturated carbocycles. The van der Waals surface area contributed by atoms with Crippen molar-refractivity contribution < 1.29 is 22.7 Å². The maximum atomic E-state index is 12.1. The van der Waals surface area contributed by atoms with Crippen LogP contribution in [0, 0.1) is 0 Å². The molecule has 1 aliphatic rings. The van der Waals surface area contributed by atoms with E-state index in [-0.39, 0.29) is 17.6 Å². The number of hydrogen-bond donors (Lipinski definition) is 1. The van der Waals surface area contributed by atoms with E-state index in [1.807, 2.05) is 0 Å². The van der Waals surface area contributed by atoms with Crippen LogP contribution in [0.1, 0.15) is 12.5 Å². The third-order valence-corrected chi connectivity index (χ3v) is 5.32. The Hall–Kier alpha value is -1.47. The van der Waals surface area contributed by atoms with Crippen molar-refractivity contribution in [2.24, 2.45) is 0 Å². The monoisotopic (exact) mass is 319 g/mol. The Labute approximate surface area is 121 Å². The SMILES string of the molecule is CNC(=O)[C@H](C)S(=O)(=O)Cc1cc(Cl)c2c(c1)OCO2. The molecule has 1 N–H and O–H groups in total. The Morgan fingerprint density at radius 3 is 2.80 bits per heavy atom. The van der Waals surface area contributed by atoms with Gasteiger partial charge in [-0.15, -0.1) is 0 Å². The predicted octanol–water partition coefficient (Wildman–Crippen LogP) is 1.12. The van der Waals surface area contributed by atoms with E-state index < -0.39 is 21.0 Å². The smallest absolute Gasteiger partial charge is 0.237 e. The summed E-state index contributed by atoms with van der Waals surface area (Å²) in [5, 5.41) is 1.48. The highest BCUT2D eigenvalue weighted by atomic mass is 35.5. The zero-order valence-electron chi connectivity index (χ0n) is 11.0. The topological polar surface area (TPSA) is 81.7 Å². The quantitative estimate of drug-likeness (QED) is 0.899. The van der Waals surface area contributed by atoms with Crippen molar-refractivity contribution in [2.45, 2.75) is 17.9 Å². The summed E-state index contributed by atoms with van der Waals surface area (Å²) < 4.78 is 34.6. The number of halogens is 1. The fraction of sp³-hybridized carbons (Fsp3) is 0.417. The number of benzene rings is 1. The zero-order valence-corrected chi connectivity index (χ0v) is 12.5. The normalized spacial score (nSPS) is 14.9. The van der Waals surface area contributed by atoms with Gasteiger partial charge in [0.15, 0.2) is 21.3 Å². The van der Waals surface area contributed by atoms with Gasteiger partial charge in [-0.2, -0.15) is 0 Å². The van der Waals surface area contributed by atoms with Gasteiger partial charge in [0.2, 0.25) is 12.7 Å². The Kier molecular flexibility index (Phi) is 4.10. The third kappa shape index (κ3) is 2.83. The van der Waals surface area contributed by atoms with E-state index in [0.29, 0.717) is 17.1 Å². The van der Waals surface area contributed by atoms with Gasteiger partial charge >= 0.3 is 0 Å². The molecular weight excluding hydrogens is 306 g/mol. The van der Waals surface area contributed by atoms with Gasteiger partial charge in [-0.1, -0.05) is 11.6 Å². The van der Waals surface area contributed by atoms with Crippen molar-refractivity contribution in [3.8, 4) is 11.5 Å². The van der Waals surface area contributed by atoms with Gasteiger partial charge in [0.05, 0.1) is 10.8 Å². The second-order valence-corrected chi connectivity index (χ2v) is 7.10.